The largest absolute Gasteiger partial charge is 0.349 e. The molecule has 0 atom stereocenters. The maximum atomic E-state index is 12.0. The minimum absolute atomic E-state index is 0.0433. The van der Waals surface area contributed by atoms with Crippen LogP contribution in [0.2, 0.25) is 0 Å². The van der Waals surface area contributed by atoms with Crippen molar-refractivity contribution < 1.29 is 9.59 Å². The van der Waals surface area contributed by atoms with Gasteiger partial charge in [0.15, 0.2) is 0 Å². The van der Waals surface area contributed by atoms with E-state index in [4.69, 9.17) is 0 Å². The lowest BCUT2D eigenvalue weighted by Gasteiger charge is -2.08. The van der Waals surface area contributed by atoms with Crippen molar-refractivity contribution in [2.45, 2.75) is 30.2 Å². The molecule has 0 aliphatic heterocycles. The molecule has 0 bridgehead atoms. The van der Waals surface area contributed by atoms with Crippen LogP contribution in [0.15, 0.2) is 59.5 Å². The molecule has 0 spiro atoms. The number of hydrogen-bond acceptors (Lipinski definition) is 3. The van der Waals surface area contributed by atoms with E-state index in [9.17, 15) is 9.59 Å². The minimum Gasteiger partial charge on any atom is -0.349 e. The Labute approximate surface area is 146 Å². The monoisotopic (exact) mass is 340 g/mol. The summed E-state index contributed by atoms with van der Waals surface area (Å²) in [4.78, 5) is 25.2. The zero-order valence-electron chi connectivity index (χ0n) is 13.3. The molecule has 2 aromatic rings. The predicted molar refractivity (Wildman–Crippen MR) is 97.3 cm³/mol. The highest BCUT2D eigenvalue weighted by molar-refractivity contribution is 7.99. The van der Waals surface area contributed by atoms with Crippen LogP contribution in [0.1, 0.15) is 29.6 Å². The maximum absolute atomic E-state index is 12.0. The Morgan fingerprint density at radius 1 is 1.04 bits per heavy atom. The van der Waals surface area contributed by atoms with Gasteiger partial charge in [-0.2, -0.15) is 0 Å². The van der Waals surface area contributed by atoms with Crippen molar-refractivity contribution in [3.05, 3.63) is 60.2 Å². The molecule has 124 valence electrons. The van der Waals surface area contributed by atoms with Crippen LogP contribution in [-0.2, 0) is 4.79 Å². The van der Waals surface area contributed by atoms with Crippen molar-refractivity contribution in [2.24, 2.45) is 0 Å². The lowest BCUT2D eigenvalue weighted by Crippen LogP contribution is -2.25. The summed E-state index contributed by atoms with van der Waals surface area (Å²) in [7, 11) is 0. The molecule has 5 heteroatoms. The normalized spacial score (nSPS) is 13.3. The van der Waals surface area contributed by atoms with Crippen molar-refractivity contribution in [2.75, 3.05) is 11.1 Å². The van der Waals surface area contributed by atoms with Crippen molar-refractivity contribution in [3.63, 3.8) is 0 Å². The Kier molecular flexibility index (Phi) is 5.54. The van der Waals surface area contributed by atoms with Crippen LogP contribution in [0.25, 0.3) is 0 Å². The van der Waals surface area contributed by atoms with Gasteiger partial charge in [-0.15, -0.1) is 11.8 Å². The van der Waals surface area contributed by atoms with Gasteiger partial charge in [-0.1, -0.05) is 24.3 Å². The smallest absolute Gasteiger partial charge is 0.251 e. The SMILES string of the molecule is O=C(CCSc1ccccc1)Nc1cccc(C(=O)NC2CC2)c1. The number of carbonyl (C=O) groups is 2. The topological polar surface area (TPSA) is 58.2 Å². The molecule has 2 aromatic carbocycles. The molecule has 0 aromatic heterocycles. The number of amides is 2. The van der Waals surface area contributed by atoms with Crippen LogP contribution >= 0.6 is 11.8 Å². The summed E-state index contributed by atoms with van der Waals surface area (Å²) in [5, 5.41) is 5.81. The molecule has 1 aliphatic carbocycles. The Hall–Kier alpha value is -2.27. The van der Waals surface area contributed by atoms with Crippen molar-refractivity contribution in [3.8, 4) is 0 Å². The summed E-state index contributed by atoms with van der Waals surface area (Å²) in [5.74, 6) is 0.601. The molecule has 3 rings (SSSR count). The molecule has 2 amide bonds. The van der Waals surface area contributed by atoms with Crippen LogP contribution in [0, 0.1) is 0 Å². The number of carbonyl (C=O) groups excluding carboxylic acids is 2. The average Bonchev–Trinajstić information content (AvgIpc) is 3.40. The summed E-state index contributed by atoms with van der Waals surface area (Å²) in [6.07, 6.45) is 2.54. The van der Waals surface area contributed by atoms with E-state index in [0.717, 1.165) is 23.5 Å². The van der Waals surface area contributed by atoms with Crippen LogP contribution < -0.4 is 10.6 Å². The Balaban J connectivity index is 1.47. The molecular weight excluding hydrogens is 320 g/mol. The second-order valence-corrected chi connectivity index (χ2v) is 6.96. The fourth-order valence-electron chi connectivity index (χ4n) is 2.24. The summed E-state index contributed by atoms with van der Waals surface area (Å²) >= 11 is 1.66. The molecule has 0 radical (unpaired) electrons. The van der Waals surface area contributed by atoms with E-state index in [0.29, 0.717) is 23.7 Å². The molecule has 2 N–H and O–H groups in total. The molecule has 0 heterocycles. The van der Waals surface area contributed by atoms with Gasteiger partial charge in [0.1, 0.15) is 0 Å². The van der Waals surface area contributed by atoms with Crippen LogP contribution in [0.5, 0.6) is 0 Å². The summed E-state index contributed by atoms with van der Waals surface area (Å²) in [6, 6.07) is 17.4. The summed E-state index contributed by atoms with van der Waals surface area (Å²) in [5.41, 5.74) is 1.24. The van der Waals surface area contributed by atoms with Gasteiger partial charge >= 0.3 is 0 Å². The Morgan fingerprint density at radius 3 is 2.58 bits per heavy atom. The molecule has 1 fully saturated rings. The van der Waals surface area contributed by atoms with Crippen LogP contribution in [-0.4, -0.2) is 23.6 Å². The number of benzene rings is 2. The second kappa shape index (κ2) is 8.02. The number of anilines is 1. The quantitative estimate of drug-likeness (QED) is 0.756. The number of hydrogen-bond donors (Lipinski definition) is 2. The van der Waals surface area contributed by atoms with Gasteiger partial charge in [0.05, 0.1) is 0 Å². The highest BCUT2D eigenvalue weighted by Crippen LogP contribution is 2.20. The first-order valence-electron chi connectivity index (χ1n) is 8.09. The van der Waals surface area contributed by atoms with Gasteiger partial charge in [-0.3, -0.25) is 9.59 Å². The van der Waals surface area contributed by atoms with Crippen LogP contribution in [0.3, 0.4) is 0 Å². The maximum Gasteiger partial charge on any atom is 0.251 e. The second-order valence-electron chi connectivity index (χ2n) is 5.79. The molecule has 24 heavy (non-hydrogen) atoms. The predicted octanol–water partition coefficient (Wildman–Crippen LogP) is 3.70. The van der Waals surface area contributed by atoms with Gasteiger partial charge < -0.3 is 10.6 Å². The molecular formula is C19H20N2O2S. The highest BCUT2D eigenvalue weighted by Gasteiger charge is 2.23. The van der Waals surface area contributed by atoms with E-state index in [1.165, 1.54) is 0 Å². The third kappa shape index (κ3) is 5.13. The zero-order valence-corrected chi connectivity index (χ0v) is 14.1. The lowest BCUT2D eigenvalue weighted by atomic mass is 10.2. The Bertz CT molecular complexity index is 714. The van der Waals surface area contributed by atoms with Crippen molar-refractivity contribution in [1.82, 2.24) is 5.32 Å². The molecule has 4 nitrogen and oxygen atoms in total. The van der Waals surface area contributed by atoms with Crippen molar-refractivity contribution in [1.29, 1.82) is 0 Å². The molecule has 1 aliphatic rings. The molecule has 0 saturated heterocycles. The Morgan fingerprint density at radius 2 is 1.83 bits per heavy atom. The van der Waals surface area contributed by atoms with Gasteiger partial charge in [-0.25, -0.2) is 0 Å². The zero-order chi connectivity index (χ0) is 16.8. The third-order valence-electron chi connectivity index (χ3n) is 3.66. The van der Waals surface area contributed by atoms with Gasteiger partial charge in [0.25, 0.3) is 5.91 Å². The standard InChI is InChI=1S/C19H20N2O2S/c22-18(11-12-24-17-7-2-1-3-8-17)20-16-6-4-5-14(13-16)19(23)21-15-9-10-15/h1-8,13,15H,9-12H2,(H,20,22)(H,21,23). The fraction of sp³-hybridized carbons (Fsp3) is 0.263. The van der Waals surface area contributed by atoms with E-state index >= 15 is 0 Å². The number of rotatable bonds is 7. The average molecular weight is 340 g/mol. The van der Waals surface area contributed by atoms with Crippen LogP contribution in [0.4, 0.5) is 5.69 Å². The van der Waals surface area contributed by atoms with Crippen molar-refractivity contribution >= 4 is 29.3 Å². The van der Waals surface area contributed by atoms with E-state index in [1.807, 2.05) is 30.3 Å². The lowest BCUT2D eigenvalue weighted by molar-refractivity contribution is -0.115. The summed E-state index contributed by atoms with van der Waals surface area (Å²) in [6.45, 7) is 0. The minimum atomic E-state index is -0.0757. The number of nitrogens with one attached hydrogen (secondary N) is 2. The highest BCUT2D eigenvalue weighted by atomic mass is 32.2. The first-order chi connectivity index (χ1) is 11.7. The fourth-order valence-corrected chi connectivity index (χ4v) is 3.11. The summed E-state index contributed by atoms with van der Waals surface area (Å²) < 4.78 is 0. The van der Waals surface area contributed by atoms with E-state index < -0.39 is 0 Å². The first-order valence-corrected chi connectivity index (χ1v) is 9.08. The van der Waals surface area contributed by atoms with Gasteiger partial charge in [0, 0.05) is 34.4 Å². The van der Waals surface area contributed by atoms with E-state index in [-0.39, 0.29) is 11.8 Å². The van der Waals surface area contributed by atoms with Gasteiger partial charge in [0.2, 0.25) is 5.91 Å². The molecule has 1 saturated carbocycles. The van der Waals surface area contributed by atoms with E-state index in [2.05, 4.69) is 10.6 Å². The third-order valence-corrected chi connectivity index (χ3v) is 4.68. The van der Waals surface area contributed by atoms with E-state index in [1.54, 1.807) is 36.0 Å². The first kappa shape index (κ1) is 16.6. The van der Waals surface area contributed by atoms with Gasteiger partial charge in [-0.05, 0) is 43.2 Å². The number of thioether (sulfide) groups is 1. The molecule has 0 unspecified atom stereocenters.